The van der Waals surface area contributed by atoms with Gasteiger partial charge in [-0.15, -0.1) is 15.3 Å². The molecule has 0 atom stereocenters. The smallest absolute Gasteiger partial charge is 0.271 e. The van der Waals surface area contributed by atoms with Gasteiger partial charge in [0, 0.05) is 19.3 Å². The van der Waals surface area contributed by atoms with Crippen LogP contribution in [0.3, 0.4) is 0 Å². The SMILES string of the molecule is Nc1ccc(C(=O)NCCCn2ccnn2)nn1. The Morgan fingerprint density at radius 1 is 1.39 bits per heavy atom. The first-order valence-electron chi connectivity index (χ1n) is 5.47. The highest BCUT2D eigenvalue weighted by Gasteiger charge is 2.06. The van der Waals surface area contributed by atoms with E-state index < -0.39 is 0 Å². The van der Waals surface area contributed by atoms with Gasteiger partial charge in [0.1, 0.15) is 5.82 Å². The molecule has 0 fully saturated rings. The summed E-state index contributed by atoms with van der Waals surface area (Å²) in [5, 5.41) is 17.5. The molecule has 0 radical (unpaired) electrons. The van der Waals surface area contributed by atoms with Gasteiger partial charge in [0.15, 0.2) is 5.69 Å². The second kappa shape index (κ2) is 5.71. The largest absolute Gasteiger partial charge is 0.382 e. The molecule has 0 saturated carbocycles. The van der Waals surface area contributed by atoms with Crippen molar-refractivity contribution in [3.63, 3.8) is 0 Å². The van der Waals surface area contributed by atoms with Crippen molar-refractivity contribution in [2.24, 2.45) is 0 Å². The fourth-order valence-corrected chi connectivity index (χ4v) is 1.35. The lowest BCUT2D eigenvalue weighted by molar-refractivity contribution is 0.0946. The predicted molar refractivity (Wildman–Crippen MR) is 63.4 cm³/mol. The van der Waals surface area contributed by atoms with E-state index in [1.807, 2.05) is 0 Å². The van der Waals surface area contributed by atoms with E-state index in [0.717, 1.165) is 6.42 Å². The third-order valence-corrected chi connectivity index (χ3v) is 2.24. The molecule has 0 aromatic carbocycles. The molecule has 8 heteroatoms. The van der Waals surface area contributed by atoms with Crippen LogP contribution in [0.5, 0.6) is 0 Å². The number of aromatic nitrogens is 5. The number of anilines is 1. The zero-order valence-electron chi connectivity index (χ0n) is 9.65. The molecule has 0 spiro atoms. The van der Waals surface area contributed by atoms with E-state index in [1.165, 1.54) is 12.1 Å². The molecular formula is C10H13N7O. The van der Waals surface area contributed by atoms with Gasteiger partial charge in [-0.3, -0.25) is 9.48 Å². The zero-order chi connectivity index (χ0) is 12.8. The van der Waals surface area contributed by atoms with Crippen LogP contribution in [-0.2, 0) is 6.54 Å². The maximum Gasteiger partial charge on any atom is 0.271 e. The average molecular weight is 247 g/mol. The van der Waals surface area contributed by atoms with E-state index in [-0.39, 0.29) is 17.4 Å². The molecule has 0 unspecified atom stereocenters. The van der Waals surface area contributed by atoms with Crippen LogP contribution in [0.4, 0.5) is 5.82 Å². The van der Waals surface area contributed by atoms with Crippen LogP contribution < -0.4 is 11.1 Å². The van der Waals surface area contributed by atoms with Crippen molar-refractivity contribution in [1.29, 1.82) is 0 Å². The van der Waals surface area contributed by atoms with Gasteiger partial charge in [0.05, 0.1) is 6.20 Å². The van der Waals surface area contributed by atoms with E-state index in [2.05, 4.69) is 25.8 Å². The van der Waals surface area contributed by atoms with Crippen molar-refractivity contribution in [2.75, 3.05) is 12.3 Å². The van der Waals surface area contributed by atoms with Crippen LogP contribution in [0.2, 0.25) is 0 Å². The van der Waals surface area contributed by atoms with Crippen LogP contribution in [0.1, 0.15) is 16.9 Å². The number of nitrogen functional groups attached to an aromatic ring is 1. The van der Waals surface area contributed by atoms with Gasteiger partial charge in [-0.2, -0.15) is 0 Å². The Balaban J connectivity index is 1.73. The molecule has 0 aliphatic heterocycles. The van der Waals surface area contributed by atoms with Crippen LogP contribution in [0.15, 0.2) is 24.5 Å². The van der Waals surface area contributed by atoms with Crippen molar-refractivity contribution in [1.82, 2.24) is 30.5 Å². The molecule has 2 rings (SSSR count). The normalized spacial score (nSPS) is 10.2. The van der Waals surface area contributed by atoms with E-state index >= 15 is 0 Å². The number of rotatable bonds is 5. The third-order valence-electron chi connectivity index (χ3n) is 2.24. The monoisotopic (exact) mass is 247 g/mol. The number of nitrogens with zero attached hydrogens (tertiary/aromatic N) is 5. The molecule has 1 amide bonds. The maximum atomic E-state index is 11.6. The fourth-order valence-electron chi connectivity index (χ4n) is 1.35. The summed E-state index contributed by atoms with van der Waals surface area (Å²) in [5.41, 5.74) is 5.64. The number of carbonyl (C=O) groups excluding carboxylic acids is 1. The molecule has 3 N–H and O–H groups in total. The lowest BCUT2D eigenvalue weighted by Gasteiger charge is -2.04. The summed E-state index contributed by atoms with van der Waals surface area (Å²) in [6.45, 7) is 1.23. The molecule has 18 heavy (non-hydrogen) atoms. The quantitative estimate of drug-likeness (QED) is 0.687. The molecule has 2 aromatic heterocycles. The van der Waals surface area contributed by atoms with E-state index in [0.29, 0.717) is 13.1 Å². The molecule has 0 aliphatic carbocycles. The second-order valence-electron chi connectivity index (χ2n) is 3.62. The average Bonchev–Trinajstić information content (AvgIpc) is 2.88. The number of nitrogens with one attached hydrogen (secondary N) is 1. The molecule has 2 heterocycles. The zero-order valence-corrected chi connectivity index (χ0v) is 9.65. The fraction of sp³-hybridized carbons (Fsp3) is 0.300. The lowest BCUT2D eigenvalue weighted by atomic mass is 10.3. The van der Waals surface area contributed by atoms with Gasteiger partial charge in [0.25, 0.3) is 5.91 Å². The number of amides is 1. The summed E-state index contributed by atoms with van der Waals surface area (Å²) in [4.78, 5) is 11.6. The number of carbonyl (C=O) groups is 1. The van der Waals surface area contributed by atoms with Crippen molar-refractivity contribution in [3.8, 4) is 0 Å². The van der Waals surface area contributed by atoms with Gasteiger partial charge in [-0.1, -0.05) is 5.21 Å². The first-order valence-corrected chi connectivity index (χ1v) is 5.47. The summed E-state index contributed by atoms with van der Waals surface area (Å²) in [6, 6.07) is 3.08. The minimum absolute atomic E-state index is 0.255. The van der Waals surface area contributed by atoms with E-state index in [9.17, 15) is 4.79 Å². The third kappa shape index (κ3) is 3.24. The first kappa shape index (κ1) is 12.0. The minimum Gasteiger partial charge on any atom is -0.382 e. The summed E-state index contributed by atoms with van der Waals surface area (Å²) in [6.07, 6.45) is 4.15. The topological polar surface area (TPSA) is 112 Å². The van der Waals surface area contributed by atoms with Crippen LogP contribution in [0, 0.1) is 0 Å². The van der Waals surface area contributed by atoms with Gasteiger partial charge in [-0.05, 0) is 18.6 Å². The Labute approximate surface area is 103 Å². The molecule has 0 aliphatic rings. The van der Waals surface area contributed by atoms with E-state index in [4.69, 9.17) is 5.73 Å². The van der Waals surface area contributed by atoms with Crippen LogP contribution in [0.25, 0.3) is 0 Å². The summed E-state index contributed by atoms with van der Waals surface area (Å²) in [7, 11) is 0. The number of hydrogen-bond donors (Lipinski definition) is 2. The Kier molecular flexibility index (Phi) is 3.79. The molecular weight excluding hydrogens is 234 g/mol. The Bertz CT molecular complexity index is 493. The first-order chi connectivity index (χ1) is 8.75. The highest BCUT2D eigenvalue weighted by Crippen LogP contribution is 1.97. The number of nitrogens with two attached hydrogens (primary N) is 1. The number of hydrogen-bond acceptors (Lipinski definition) is 6. The van der Waals surface area contributed by atoms with Gasteiger partial charge >= 0.3 is 0 Å². The van der Waals surface area contributed by atoms with Crippen molar-refractivity contribution in [3.05, 3.63) is 30.2 Å². The second-order valence-corrected chi connectivity index (χ2v) is 3.62. The van der Waals surface area contributed by atoms with Crippen molar-refractivity contribution in [2.45, 2.75) is 13.0 Å². The molecule has 94 valence electrons. The molecule has 0 bridgehead atoms. The Hall–Kier alpha value is -2.51. The van der Waals surface area contributed by atoms with Crippen molar-refractivity contribution >= 4 is 11.7 Å². The lowest BCUT2D eigenvalue weighted by Crippen LogP contribution is -2.26. The molecule has 8 nitrogen and oxygen atoms in total. The summed E-state index contributed by atoms with van der Waals surface area (Å²) in [5.74, 6) is 0.0267. The standard InChI is InChI=1S/C10H13N7O/c11-9-3-2-8(14-15-9)10(18)12-4-1-6-17-7-5-13-16-17/h2-3,5,7H,1,4,6H2,(H2,11,15)(H,12,18). The molecule has 2 aromatic rings. The summed E-state index contributed by atoms with van der Waals surface area (Å²) < 4.78 is 1.70. The minimum atomic E-state index is -0.263. The maximum absolute atomic E-state index is 11.6. The Morgan fingerprint density at radius 3 is 2.94 bits per heavy atom. The van der Waals surface area contributed by atoms with Crippen LogP contribution >= 0.6 is 0 Å². The van der Waals surface area contributed by atoms with Gasteiger partial charge in [0.2, 0.25) is 0 Å². The van der Waals surface area contributed by atoms with Gasteiger partial charge < -0.3 is 11.1 Å². The number of aryl methyl sites for hydroxylation is 1. The van der Waals surface area contributed by atoms with E-state index in [1.54, 1.807) is 17.1 Å². The van der Waals surface area contributed by atoms with Crippen molar-refractivity contribution < 1.29 is 4.79 Å². The Morgan fingerprint density at radius 2 is 2.28 bits per heavy atom. The summed E-state index contributed by atoms with van der Waals surface area (Å²) >= 11 is 0. The highest BCUT2D eigenvalue weighted by atomic mass is 16.1. The molecule has 0 saturated heterocycles. The predicted octanol–water partition coefficient (Wildman–Crippen LogP) is -0.530. The van der Waals surface area contributed by atoms with Crippen LogP contribution in [-0.4, -0.2) is 37.6 Å². The van der Waals surface area contributed by atoms with Gasteiger partial charge in [-0.25, -0.2) is 0 Å². The highest BCUT2D eigenvalue weighted by molar-refractivity contribution is 5.92.